The fourth-order valence-corrected chi connectivity index (χ4v) is 5.20. The molecule has 6 nitrogen and oxygen atoms in total. The SMILES string of the molecule is Cc1ccc2c(c1)[C@@]1(C(=O)N2)C(C#N)=C(N)N(c2cccc(Cl)c2)C2=C1C(=O)CCC2. The van der Waals surface area contributed by atoms with E-state index in [1.54, 1.807) is 29.2 Å². The van der Waals surface area contributed by atoms with Crippen LogP contribution >= 0.6 is 11.6 Å². The van der Waals surface area contributed by atoms with Crippen LogP contribution in [-0.2, 0) is 15.0 Å². The van der Waals surface area contributed by atoms with Crippen LogP contribution in [0.5, 0.6) is 0 Å². The summed E-state index contributed by atoms with van der Waals surface area (Å²) >= 11 is 6.22. The van der Waals surface area contributed by atoms with Crippen LogP contribution in [0, 0.1) is 18.3 Å². The summed E-state index contributed by atoms with van der Waals surface area (Å²) in [6.45, 7) is 1.91. The van der Waals surface area contributed by atoms with Gasteiger partial charge in [-0.2, -0.15) is 5.26 Å². The van der Waals surface area contributed by atoms with E-state index in [1.165, 1.54) is 0 Å². The Labute approximate surface area is 184 Å². The van der Waals surface area contributed by atoms with E-state index in [1.807, 2.05) is 25.1 Å². The van der Waals surface area contributed by atoms with E-state index in [9.17, 15) is 14.9 Å². The monoisotopic (exact) mass is 430 g/mol. The van der Waals surface area contributed by atoms with Crippen LogP contribution in [0.25, 0.3) is 0 Å². The van der Waals surface area contributed by atoms with Gasteiger partial charge < -0.3 is 11.1 Å². The molecule has 0 unspecified atom stereocenters. The minimum Gasteiger partial charge on any atom is -0.384 e. The molecule has 1 aliphatic carbocycles. The lowest BCUT2D eigenvalue weighted by atomic mass is 9.63. The summed E-state index contributed by atoms with van der Waals surface area (Å²) in [6, 6.07) is 14.8. The number of nitriles is 1. The maximum atomic E-state index is 13.6. The van der Waals surface area contributed by atoms with Gasteiger partial charge in [0.15, 0.2) is 5.78 Å². The second-order valence-electron chi connectivity index (χ2n) is 8.04. The van der Waals surface area contributed by atoms with E-state index in [4.69, 9.17) is 17.3 Å². The lowest BCUT2D eigenvalue weighted by molar-refractivity contribution is -0.122. The van der Waals surface area contributed by atoms with E-state index in [0.29, 0.717) is 52.5 Å². The highest BCUT2D eigenvalue weighted by Crippen LogP contribution is 2.55. The fraction of sp³-hybridized carbons (Fsp3) is 0.208. The van der Waals surface area contributed by atoms with Gasteiger partial charge in [0, 0.05) is 39.7 Å². The fourth-order valence-electron chi connectivity index (χ4n) is 5.01. The highest BCUT2D eigenvalue weighted by Gasteiger charge is 2.60. The third-order valence-electron chi connectivity index (χ3n) is 6.25. The van der Waals surface area contributed by atoms with E-state index in [-0.39, 0.29) is 17.2 Å². The van der Waals surface area contributed by atoms with Gasteiger partial charge >= 0.3 is 0 Å². The molecular weight excluding hydrogens is 412 g/mol. The number of nitrogens with one attached hydrogen (secondary N) is 1. The molecule has 3 N–H and O–H groups in total. The second-order valence-corrected chi connectivity index (χ2v) is 8.48. The Bertz CT molecular complexity index is 1290. The average molecular weight is 431 g/mol. The minimum atomic E-state index is -1.54. The lowest BCUT2D eigenvalue weighted by Crippen LogP contribution is -2.50. The van der Waals surface area contributed by atoms with Crippen LogP contribution in [0.4, 0.5) is 11.4 Å². The van der Waals surface area contributed by atoms with Crippen molar-refractivity contribution >= 4 is 34.7 Å². The molecule has 1 spiro atoms. The van der Waals surface area contributed by atoms with Crippen LogP contribution in [0.2, 0.25) is 5.02 Å². The van der Waals surface area contributed by atoms with E-state index in [2.05, 4.69) is 11.4 Å². The van der Waals surface area contributed by atoms with Crippen LogP contribution in [0.1, 0.15) is 30.4 Å². The highest BCUT2D eigenvalue weighted by atomic mass is 35.5. The highest BCUT2D eigenvalue weighted by molar-refractivity contribution is 6.30. The molecule has 7 heteroatoms. The third kappa shape index (κ3) is 2.50. The van der Waals surface area contributed by atoms with Crippen molar-refractivity contribution in [2.45, 2.75) is 31.6 Å². The number of nitrogens with two attached hydrogens (primary N) is 1. The van der Waals surface area contributed by atoms with Gasteiger partial charge in [0.05, 0.1) is 5.57 Å². The zero-order valence-electron chi connectivity index (χ0n) is 16.8. The molecule has 0 radical (unpaired) electrons. The number of carbonyl (C=O) groups is 2. The number of carbonyl (C=O) groups excluding carboxylic acids is 2. The number of nitrogens with zero attached hydrogens (tertiary/aromatic N) is 2. The molecule has 0 fully saturated rings. The van der Waals surface area contributed by atoms with Gasteiger partial charge in [0.2, 0.25) is 5.91 Å². The number of aryl methyl sites for hydroxylation is 1. The number of rotatable bonds is 1. The van der Waals surface area contributed by atoms with Crippen molar-refractivity contribution in [2.24, 2.45) is 5.73 Å². The van der Waals surface area contributed by atoms with Gasteiger partial charge in [-0.05, 0) is 44.0 Å². The molecule has 1 atom stereocenters. The van der Waals surface area contributed by atoms with Gasteiger partial charge in [-0.3, -0.25) is 14.5 Å². The molecule has 2 heterocycles. The molecule has 3 aliphatic rings. The van der Waals surface area contributed by atoms with E-state index >= 15 is 0 Å². The first kappa shape index (κ1) is 19.4. The molecule has 0 saturated carbocycles. The Morgan fingerprint density at radius 2 is 2.00 bits per heavy atom. The largest absolute Gasteiger partial charge is 0.384 e. The van der Waals surface area contributed by atoms with E-state index in [0.717, 1.165) is 5.56 Å². The van der Waals surface area contributed by atoms with Crippen LogP contribution in [0.3, 0.4) is 0 Å². The number of fused-ring (bicyclic) bond motifs is 3. The van der Waals surface area contributed by atoms with Crippen molar-refractivity contribution in [1.82, 2.24) is 0 Å². The molecule has 0 bridgehead atoms. The first-order chi connectivity index (χ1) is 14.9. The molecular formula is C24H19ClN4O2. The van der Waals surface area contributed by atoms with Crippen molar-refractivity contribution < 1.29 is 9.59 Å². The predicted molar refractivity (Wildman–Crippen MR) is 118 cm³/mol. The predicted octanol–water partition coefficient (Wildman–Crippen LogP) is 4.06. The number of hydrogen-bond acceptors (Lipinski definition) is 5. The third-order valence-corrected chi connectivity index (χ3v) is 6.48. The van der Waals surface area contributed by atoms with Crippen LogP contribution in [-0.4, -0.2) is 11.7 Å². The van der Waals surface area contributed by atoms with Gasteiger partial charge in [-0.15, -0.1) is 0 Å². The number of allylic oxidation sites excluding steroid dienone is 1. The van der Waals surface area contributed by atoms with Gasteiger partial charge in [-0.25, -0.2) is 0 Å². The Morgan fingerprint density at radius 1 is 1.19 bits per heavy atom. The minimum absolute atomic E-state index is 0.0586. The Balaban J connectivity index is 1.90. The summed E-state index contributed by atoms with van der Waals surface area (Å²) in [4.78, 5) is 28.6. The van der Waals surface area contributed by atoms with Crippen molar-refractivity contribution in [2.75, 3.05) is 10.2 Å². The lowest BCUT2D eigenvalue weighted by Gasteiger charge is -2.43. The number of Topliss-reactive ketones (excluding diaryl/α,β-unsaturated/α-hetero) is 1. The Hall–Kier alpha value is -3.56. The van der Waals surface area contributed by atoms with Crippen molar-refractivity contribution in [3.8, 4) is 6.07 Å². The second kappa shape index (κ2) is 6.73. The van der Waals surface area contributed by atoms with Gasteiger partial charge in [0.25, 0.3) is 0 Å². The Morgan fingerprint density at radius 3 is 2.74 bits per heavy atom. The molecule has 2 aromatic carbocycles. The summed E-state index contributed by atoms with van der Waals surface area (Å²) < 4.78 is 0. The summed E-state index contributed by atoms with van der Waals surface area (Å²) in [5, 5.41) is 13.6. The molecule has 2 aromatic rings. The Kier molecular flexibility index (Phi) is 4.21. The zero-order valence-corrected chi connectivity index (χ0v) is 17.6. The number of halogens is 1. The molecule has 2 aliphatic heterocycles. The molecule has 31 heavy (non-hydrogen) atoms. The molecule has 1 amide bonds. The average Bonchev–Trinajstić information content (AvgIpc) is 3.00. The zero-order chi connectivity index (χ0) is 21.9. The first-order valence-corrected chi connectivity index (χ1v) is 10.4. The number of benzene rings is 2. The standard InChI is InChI=1S/C24H19ClN4O2/c1-13-8-9-18-16(10-13)24(23(31)28-18)17(12-26)22(27)29(15-5-2-4-14(25)11-15)19-6-3-7-20(30)21(19)24/h2,4-5,8-11H,3,6-7,27H2,1H3,(H,28,31)/t24-/m1/s1. The molecule has 5 rings (SSSR count). The van der Waals surface area contributed by atoms with Crippen LogP contribution in [0.15, 0.2) is 65.1 Å². The molecule has 154 valence electrons. The number of ketones is 1. The topological polar surface area (TPSA) is 99.2 Å². The smallest absolute Gasteiger partial charge is 0.245 e. The number of hydrogen-bond donors (Lipinski definition) is 2. The van der Waals surface area contributed by atoms with Crippen molar-refractivity contribution in [3.05, 3.63) is 81.3 Å². The molecule has 0 saturated heterocycles. The number of amides is 1. The van der Waals surface area contributed by atoms with Crippen LogP contribution < -0.4 is 16.0 Å². The van der Waals surface area contributed by atoms with E-state index < -0.39 is 11.3 Å². The summed E-state index contributed by atoms with van der Waals surface area (Å²) in [7, 11) is 0. The van der Waals surface area contributed by atoms with Crippen molar-refractivity contribution in [1.29, 1.82) is 5.26 Å². The van der Waals surface area contributed by atoms with Crippen molar-refractivity contribution in [3.63, 3.8) is 0 Å². The van der Waals surface area contributed by atoms with Gasteiger partial charge in [0.1, 0.15) is 17.3 Å². The summed E-state index contributed by atoms with van der Waals surface area (Å²) in [5.41, 5.74) is 8.88. The number of anilines is 2. The van der Waals surface area contributed by atoms with Gasteiger partial charge in [-0.1, -0.05) is 35.4 Å². The maximum Gasteiger partial charge on any atom is 0.245 e. The first-order valence-electron chi connectivity index (χ1n) is 10.0. The summed E-state index contributed by atoms with van der Waals surface area (Å²) in [5.74, 6) is -0.415. The quantitative estimate of drug-likeness (QED) is 0.710. The summed E-state index contributed by atoms with van der Waals surface area (Å²) in [6.07, 6.45) is 1.52. The molecule has 0 aromatic heterocycles. The normalized spacial score (nSPS) is 22.4. The maximum absolute atomic E-state index is 13.6.